The van der Waals surface area contributed by atoms with Crippen LogP contribution >= 0.6 is 11.6 Å². The van der Waals surface area contributed by atoms with Gasteiger partial charge in [-0.05, 0) is 24.1 Å². The van der Waals surface area contributed by atoms with Gasteiger partial charge in [-0.15, -0.1) is 0 Å². The molecule has 3 nitrogen and oxygen atoms in total. The zero-order valence-electron chi connectivity index (χ0n) is 10.0. The van der Waals surface area contributed by atoms with E-state index in [-0.39, 0.29) is 0 Å². The number of hydrogen-bond donors (Lipinski definition) is 1. The highest BCUT2D eigenvalue weighted by Crippen LogP contribution is 2.18. The lowest BCUT2D eigenvalue weighted by atomic mass is 10.2. The summed E-state index contributed by atoms with van der Waals surface area (Å²) < 4.78 is 1.99. The highest BCUT2D eigenvalue weighted by molar-refractivity contribution is 6.30. The zero-order valence-corrected chi connectivity index (χ0v) is 10.8. The number of imidazole rings is 1. The van der Waals surface area contributed by atoms with E-state index in [1.54, 1.807) is 6.20 Å². The Balaban J connectivity index is 2.24. The molecule has 90 valence electrons. The molecule has 4 heteroatoms. The first-order valence-corrected chi connectivity index (χ1v) is 6.08. The fraction of sp³-hybridized carbons (Fsp3) is 0.308. The molecule has 17 heavy (non-hydrogen) atoms. The maximum Gasteiger partial charge on any atom is 0.207 e. The van der Waals surface area contributed by atoms with Gasteiger partial charge in [0.15, 0.2) is 0 Å². The summed E-state index contributed by atoms with van der Waals surface area (Å²) in [6, 6.07) is 7.73. The van der Waals surface area contributed by atoms with E-state index >= 15 is 0 Å². The van der Waals surface area contributed by atoms with Gasteiger partial charge in [-0.2, -0.15) is 0 Å². The summed E-state index contributed by atoms with van der Waals surface area (Å²) in [4.78, 5) is 4.30. The Labute approximate surface area is 106 Å². The van der Waals surface area contributed by atoms with Gasteiger partial charge in [0.2, 0.25) is 5.95 Å². The molecule has 2 rings (SSSR count). The molecule has 0 saturated heterocycles. The highest BCUT2D eigenvalue weighted by atomic mass is 35.5. The molecule has 0 unspecified atom stereocenters. The van der Waals surface area contributed by atoms with Crippen molar-refractivity contribution in [2.24, 2.45) is 5.92 Å². The van der Waals surface area contributed by atoms with Crippen LogP contribution in [-0.4, -0.2) is 16.1 Å². The quantitative estimate of drug-likeness (QED) is 0.897. The van der Waals surface area contributed by atoms with Crippen molar-refractivity contribution < 1.29 is 0 Å². The molecule has 0 aliphatic carbocycles. The van der Waals surface area contributed by atoms with Crippen LogP contribution in [0.5, 0.6) is 0 Å². The minimum atomic E-state index is 0.583. The second-order valence-corrected chi connectivity index (χ2v) is 4.81. The van der Waals surface area contributed by atoms with Crippen molar-refractivity contribution in [1.82, 2.24) is 9.55 Å². The molecule has 0 saturated carbocycles. The normalized spacial score (nSPS) is 10.8. The largest absolute Gasteiger partial charge is 0.355 e. The van der Waals surface area contributed by atoms with Crippen LogP contribution < -0.4 is 5.32 Å². The third-order valence-electron chi connectivity index (χ3n) is 2.40. The van der Waals surface area contributed by atoms with Crippen LogP contribution in [0.4, 0.5) is 5.95 Å². The molecular weight excluding hydrogens is 234 g/mol. The van der Waals surface area contributed by atoms with Crippen molar-refractivity contribution >= 4 is 17.5 Å². The van der Waals surface area contributed by atoms with Crippen LogP contribution in [0.15, 0.2) is 36.7 Å². The van der Waals surface area contributed by atoms with Crippen molar-refractivity contribution in [3.05, 3.63) is 41.7 Å². The van der Waals surface area contributed by atoms with Gasteiger partial charge in [0.25, 0.3) is 0 Å². The average molecular weight is 250 g/mol. The standard InChI is InChI=1S/C13H16ClN3/c1-10(2)9-16-13-15-6-7-17(13)12-5-3-4-11(14)8-12/h3-8,10H,9H2,1-2H3,(H,15,16). The van der Waals surface area contributed by atoms with Crippen LogP contribution in [0.3, 0.4) is 0 Å². The van der Waals surface area contributed by atoms with Gasteiger partial charge in [-0.25, -0.2) is 4.98 Å². The van der Waals surface area contributed by atoms with Crippen LogP contribution in [0.1, 0.15) is 13.8 Å². The lowest BCUT2D eigenvalue weighted by molar-refractivity contribution is 0.683. The number of halogens is 1. The first-order chi connectivity index (χ1) is 8.16. The lowest BCUT2D eigenvalue weighted by Crippen LogP contribution is -2.11. The number of rotatable bonds is 4. The van der Waals surface area contributed by atoms with Crippen molar-refractivity contribution in [3.8, 4) is 5.69 Å². The Hall–Kier alpha value is -1.48. The number of aromatic nitrogens is 2. The van der Waals surface area contributed by atoms with Gasteiger partial charge in [0.05, 0.1) is 0 Å². The molecule has 1 heterocycles. The third kappa shape index (κ3) is 3.01. The Morgan fingerprint density at radius 1 is 1.41 bits per heavy atom. The van der Waals surface area contributed by atoms with Gasteiger partial charge >= 0.3 is 0 Å². The van der Waals surface area contributed by atoms with Gasteiger partial charge < -0.3 is 5.32 Å². The maximum absolute atomic E-state index is 5.99. The lowest BCUT2D eigenvalue weighted by Gasteiger charge is -2.11. The first-order valence-electron chi connectivity index (χ1n) is 5.70. The predicted octanol–water partition coefficient (Wildman–Crippen LogP) is 3.59. The van der Waals surface area contributed by atoms with Gasteiger partial charge in [-0.3, -0.25) is 4.57 Å². The minimum Gasteiger partial charge on any atom is -0.355 e. The van der Waals surface area contributed by atoms with E-state index in [1.807, 2.05) is 35.0 Å². The average Bonchev–Trinajstić information content (AvgIpc) is 2.74. The Bertz CT molecular complexity index is 491. The Morgan fingerprint density at radius 3 is 2.94 bits per heavy atom. The van der Waals surface area contributed by atoms with Crippen molar-refractivity contribution in [2.75, 3.05) is 11.9 Å². The van der Waals surface area contributed by atoms with Crippen LogP contribution in [0, 0.1) is 5.92 Å². The summed E-state index contributed by atoms with van der Waals surface area (Å²) in [5.74, 6) is 1.43. The molecule has 2 aromatic rings. The fourth-order valence-corrected chi connectivity index (χ4v) is 1.75. The number of nitrogens with zero attached hydrogens (tertiary/aromatic N) is 2. The Morgan fingerprint density at radius 2 is 2.24 bits per heavy atom. The summed E-state index contributed by atoms with van der Waals surface area (Å²) in [6.45, 7) is 5.23. The molecule has 1 N–H and O–H groups in total. The number of benzene rings is 1. The Kier molecular flexibility index (Phi) is 3.69. The minimum absolute atomic E-state index is 0.583. The summed E-state index contributed by atoms with van der Waals surface area (Å²) >= 11 is 5.99. The molecule has 0 radical (unpaired) electrons. The molecule has 0 fully saturated rings. The van der Waals surface area contributed by atoms with Gasteiger partial charge in [0.1, 0.15) is 0 Å². The topological polar surface area (TPSA) is 29.9 Å². The molecule has 0 atom stereocenters. The maximum atomic E-state index is 5.99. The summed E-state index contributed by atoms with van der Waals surface area (Å²) in [6.07, 6.45) is 3.71. The van der Waals surface area contributed by atoms with Crippen molar-refractivity contribution in [3.63, 3.8) is 0 Å². The summed E-state index contributed by atoms with van der Waals surface area (Å²) in [5.41, 5.74) is 1.02. The number of hydrogen-bond acceptors (Lipinski definition) is 2. The van der Waals surface area contributed by atoms with E-state index in [0.717, 1.165) is 23.2 Å². The third-order valence-corrected chi connectivity index (χ3v) is 2.63. The van der Waals surface area contributed by atoms with Crippen LogP contribution in [0.25, 0.3) is 5.69 Å². The molecule has 1 aromatic heterocycles. The fourth-order valence-electron chi connectivity index (χ4n) is 1.56. The molecule has 0 amide bonds. The summed E-state index contributed by atoms with van der Waals surface area (Å²) in [7, 11) is 0. The molecule has 0 spiro atoms. The van der Waals surface area contributed by atoms with E-state index < -0.39 is 0 Å². The monoisotopic (exact) mass is 249 g/mol. The van der Waals surface area contributed by atoms with Gasteiger partial charge in [0, 0.05) is 29.6 Å². The second-order valence-electron chi connectivity index (χ2n) is 4.38. The van der Waals surface area contributed by atoms with E-state index in [2.05, 4.69) is 24.1 Å². The van der Waals surface area contributed by atoms with Crippen molar-refractivity contribution in [2.45, 2.75) is 13.8 Å². The summed E-state index contributed by atoms with van der Waals surface area (Å²) in [5, 5.41) is 4.05. The predicted molar refractivity (Wildman–Crippen MR) is 71.9 cm³/mol. The first kappa shape index (κ1) is 12.0. The van der Waals surface area contributed by atoms with E-state index in [1.165, 1.54) is 0 Å². The van der Waals surface area contributed by atoms with E-state index in [0.29, 0.717) is 5.92 Å². The van der Waals surface area contributed by atoms with E-state index in [9.17, 15) is 0 Å². The number of nitrogens with one attached hydrogen (secondary N) is 1. The zero-order chi connectivity index (χ0) is 12.3. The smallest absolute Gasteiger partial charge is 0.207 e. The molecule has 1 aromatic carbocycles. The number of anilines is 1. The molecule has 0 aliphatic rings. The van der Waals surface area contributed by atoms with Crippen LogP contribution in [-0.2, 0) is 0 Å². The highest BCUT2D eigenvalue weighted by Gasteiger charge is 2.05. The molecule has 0 bridgehead atoms. The van der Waals surface area contributed by atoms with Crippen molar-refractivity contribution in [1.29, 1.82) is 0 Å². The molecular formula is C13H16ClN3. The molecule has 0 aliphatic heterocycles. The SMILES string of the molecule is CC(C)CNc1nccn1-c1cccc(Cl)c1. The second kappa shape index (κ2) is 5.23. The van der Waals surface area contributed by atoms with Gasteiger partial charge in [-0.1, -0.05) is 31.5 Å². The van der Waals surface area contributed by atoms with E-state index in [4.69, 9.17) is 11.6 Å². The van der Waals surface area contributed by atoms with Crippen LogP contribution in [0.2, 0.25) is 5.02 Å².